The van der Waals surface area contributed by atoms with Crippen LogP contribution < -0.4 is 10.5 Å². The fourth-order valence-electron chi connectivity index (χ4n) is 2.65. The normalized spacial score (nSPS) is 15.4. The van der Waals surface area contributed by atoms with Gasteiger partial charge in [-0.2, -0.15) is 9.97 Å². The summed E-state index contributed by atoms with van der Waals surface area (Å²) >= 11 is 0. The Morgan fingerprint density at radius 2 is 1.75 bits per heavy atom. The van der Waals surface area contributed by atoms with E-state index in [0.717, 1.165) is 30.0 Å². The molecule has 1 heterocycles. The van der Waals surface area contributed by atoms with Crippen molar-refractivity contribution in [3.8, 4) is 17.1 Å². The van der Waals surface area contributed by atoms with Crippen LogP contribution in [0.15, 0.2) is 24.3 Å². The van der Waals surface area contributed by atoms with Crippen LogP contribution in [-0.4, -0.2) is 22.1 Å². The number of nitrogens with zero attached hydrogens (tertiary/aromatic N) is 3. The van der Waals surface area contributed by atoms with Gasteiger partial charge in [-0.3, -0.25) is 0 Å². The van der Waals surface area contributed by atoms with Crippen LogP contribution in [0, 0.1) is 0 Å². The zero-order chi connectivity index (χ0) is 13.9. The molecule has 5 heteroatoms. The van der Waals surface area contributed by atoms with Gasteiger partial charge in [0.15, 0.2) is 5.82 Å². The highest BCUT2D eigenvalue weighted by Crippen LogP contribution is 2.33. The Hall–Kier alpha value is -2.17. The zero-order valence-electron chi connectivity index (χ0n) is 11.5. The second kappa shape index (κ2) is 5.45. The minimum atomic E-state index is 0.299. The molecule has 3 rings (SSSR count). The number of hydrogen-bond donors (Lipinski definition) is 1. The smallest absolute Gasteiger partial charge is 0.223 e. The Morgan fingerprint density at radius 1 is 1.05 bits per heavy atom. The molecule has 1 aromatic heterocycles. The third-order valence-corrected chi connectivity index (χ3v) is 3.74. The molecule has 0 saturated heterocycles. The van der Waals surface area contributed by atoms with Crippen molar-refractivity contribution in [3.63, 3.8) is 0 Å². The first-order valence-electron chi connectivity index (χ1n) is 6.92. The molecule has 1 fully saturated rings. The lowest BCUT2D eigenvalue weighted by Crippen LogP contribution is -2.07. The lowest BCUT2D eigenvalue weighted by Gasteiger charge is -2.10. The minimum Gasteiger partial charge on any atom is -0.497 e. The van der Waals surface area contributed by atoms with E-state index in [1.807, 2.05) is 24.3 Å². The molecule has 104 valence electrons. The zero-order valence-corrected chi connectivity index (χ0v) is 11.5. The predicted molar refractivity (Wildman–Crippen MR) is 77.4 cm³/mol. The van der Waals surface area contributed by atoms with E-state index in [9.17, 15) is 0 Å². The molecule has 2 aromatic rings. The third kappa shape index (κ3) is 2.57. The molecular weight excluding hydrogens is 252 g/mol. The van der Waals surface area contributed by atoms with E-state index in [-0.39, 0.29) is 0 Å². The van der Waals surface area contributed by atoms with Gasteiger partial charge in [-0.25, -0.2) is 4.98 Å². The van der Waals surface area contributed by atoms with E-state index in [1.165, 1.54) is 12.8 Å². The molecule has 0 spiro atoms. The second-order valence-corrected chi connectivity index (χ2v) is 5.09. The van der Waals surface area contributed by atoms with Gasteiger partial charge in [0.25, 0.3) is 0 Å². The first-order valence-corrected chi connectivity index (χ1v) is 6.92. The van der Waals surface area contributed by atoms with Gasteiger partial charge < -0.3 is 10.5 Å². The van der Waals surface area contributed by atoms with Crippen LogP contribution in [0.1, 0.15) is 37.4 Å². The maximum absolute atomic E-state index is 5.83. The quantitative estimate of drug-likeness (QED) is 0.928. The van der Waals surface area contributed by atoms with Crippen LogP contribution in [-0.2, 0) is 0 Å². The van der Waals surface area contributed by atoms with E-state index < -0.39 is 0 Å². The van der Waals surface area contributed by atoms with Gasteiger partial charge in [-0.05, 0) is 37.1 Å². The molecule has 2 N–H and O–H groups in total. The van der Waals surface area contributed by atoms with Crippen LogP contribution in [0.25, 0.3) is 11.4 Å². The van der Waals surface area contributed by atoms with Crippen molar-refractivity contribution in [3.05, 3.63) is 30.1 Å². The van der Waals surface area contributed by atoms with Crippen molar-refractivity contribution >= 4 is 5.95 Å². The summed E-state index contributed by atoms with van der Waals surface area (Å²) in [5, 5.41) is 0. The SMILES string of the molecule is COc1ccc(-c2nc(N)nc(C3CCCC3)n2)cc1. The van der Waals surface area contributed by atoms with E-state index in [1.54, 1.807) is 7.11 Å². The number of nitrogens with two attached hydrogens (primary N) is 1. The molecule has 20 heavy (non-hydrogen) atoms. The van der Waals surface area contributed by atoms with Crippen molar-refractivity contribution in [1.82, 2.24) is 15.0 Å². The van der Waals surface area contributed by atoms with Crippen LogP contribution in [0.4, 0.5) is 5.95 Å². The number of aromatic nitrogens is 3. The van der Waals surface area contributed by atoms with Gasteiger partial charge >= 0.3 is 0 Å². The molecule has 5 nitrogen and oxygen atoms in total. The number of rotatable bonds is 3. The largest absolute Gasteiger partial charge is 0.497 e. The molecule has 1 aliphatic carbocycles. The summed E-state index contributed by atoms with van der Waals surface area (Å²) in [5.41, 5.74) is 6.76. The first-order chi connectivity index (χ1) is 9.76. The van der Waals surface area contributed by atoms with Crippen LogP contribution >= 0.6 is 0 Å². The van der Waals surface area contributed by atoms with Crippen LogP contribution in [0.5, 0.6) is 5.75 Å². The molecule has 0 amide bonds. The van der Waals surface area contributed by atoms with E-state index >= 15 is 0 Å². The summed E-state index contributed by atoms with van der Waals surface area (Å²) < 4.78 is 5.16. The van der Waals surface area contributed by atoms with Gasteiger partial charge in [-0.15, -0.1) is 0 Å². The average Bonchev–Trinajstić information content (AvgIpc) is 3.01. The standard InChI is InChI=1S/C15H18N4O/c1-20-12-8-6-11(7-9-12)14-17-13(18-15(16)19-14)10-4-2-3-5-10/h6-10H,2-5H2,1H3,(H2,16,17,18,19). The van der Waals surface area contributed by atoms with Crippen LogP contribution in [0.2, 0.25) is 0 Å². The number of hydrogen-bond acceptors (Lipinski definition) is 5. The number of ether oxygens (including phenoxy) is 1. The summed E-state index contributed by atoms with van der Waals surface area (Å²) in [7, 11) is 1.65. The number of nitrogen functional groups attached to an aromatic ring is 1. The Kier molecular flexibility index (Phi) is 3.50. The number of anilines is 1. The summed E-state index contributed by atoms with van der Waals surface area (Å²) in [6.45, 7) is 0. The van der Waals surface area contributed by atoms with Gasteiger partial charge in [0.1, 0.15) is 11.6 Å². The fraction of sp³-hybridized carbons (Fsp3) is 0.400. The molecule has 0 radical (unpaired) electrons. The topological polar surface area (TPSA) is 73.9 Å². The van der Waals surface area contributed by atoms with Gasteiger partial charge in [-0.1, -0.05) is 12.8 Å². The second-order valence-electron chi connectivity index (χ2n) is 5.09. The molecule has 0 unspecified atom stereocenters. The van der Waals surface area contributed by atoms with Gasteiger partial charge in [0.05, 0.1) is 7.11 Å². The predicted octanol–water partition coefficient (Wildman–Crippen LogP) is 2.79. The molecule has 0 aliphatic heterocycles. The summed E-state index contributed by atoms with van der Waals surface area (Å²) in [6.07, 6.45) is 4.78. The maximum Gasteiger partial charge on any atom is 0.223 e. The van der Waals surface area contributed by atoms with E-state index in [2.05, 4.69) is 15.0 Å². The Labute approximate surface area is 118 Å². The van der Waals surface area contributed by atoms with Crippen LogP contribution in [0.3, 0.4) is 0 Å². The van der Waals surface area contributed by atoms with Crippen molar-refractivity contribution in [2.75, 3.05) is 12.8 Å². The summed E-state index contributed by atoms with van der Waals surface area (Å²) in [4.78, 5) is 13.1. The summed E-state index contributed by atoms with van der Waals surface area (Å²) in [6, 6.07) is 7.66. The Morgan fingerprint density at radius 3 is 2.40 bits per heavy atom. The molecule has 0 atom stereocenters. The van der Waals surface area contributed by atoms with Gasteiger partial charge in [0, 0.05) is 11.5 Å². The molecule has 0 bridgehead atoms. The number of methoxy groups -OCH3 is 1. The average molecular weight is 270 g/mol. The molecule has 1 aromatic carbocycles. The fourth-order valence-corrected chi connectivity index (χ4v) is 2.65. The molecule has 1 aliphatic rings. The third-order valence-electron chi connectivity index (χ3n) is 3.74. The molecular formula is C15H18N4O. The lowest BCUT2D eigenvalue weighted by molar-refractivity contribution is 0.415. The Bertz CT molecular complexity index is 591. The monoisotopic (exact) mass is 270 g/mol. The van der Waals surface area contributed by atoms with E-state index in [4.69, 9.17) is 10.5 Å². The Balaban J connectivity index is 1.95. The van der Waals surface area contributed by atoms with Crippen molar-refractivity contribution in [1.29, 1.82) is 0 Å². The highest BCUT2D eigenvalue weighted by atomic mass is 16.5. The summed E-state index contributed by atoms with van der Waals surface area (Å²) in [5.74, 6) is 3.01. The van der Waals surface area contributed by atoms with Crippen molar-refractivity contribution in [2.45, 2.75) is 31.6 Å². The number of benzene rings is 1. The maximum atomic E-state index is 5.83. The van der Waals surface area contributed by atoms with E-state index in [0.29, 0.717) is 17.7 Å². The van der Waals surface area contributed by atoms with Crippen molar-refractivity contribution in [2.24, 2.45) is 0 Å². The first kappa shape index (κ1) is 12.8. The minimum absolute atomic E-state index is 0.299. The highest BCUT2D eigenvalue weighted by molar-refractivity contribution is 5.57. The molecule has 1 saturated carbocycles. The van der Waals surface area contributed by atoms with Crippen molar-refractivity contribution < 1.29 is 4.74 Å². The van der Waals surface area contributed by atoms with Gasteiger partial charge in [0.2, 0.25) is 5.95 Å². The highest BCUT2D eigenvalue weighted by Gasteiger charge is 2.21. The lowest BCUT2D eigenvalue weighted by atomic mass is 10.1.